The Morgan fingerprint density at radius 2 is 1.17 bits per heavy atom. The van der Waals surface area contributed by atoms with Gasteiger partial charge in [0.15, 0.2) is 0 Å². The minimum Gasteiger partial charge on any atom is -0.480 e. The van der Waals surface area contributed by atoms with Crippen LogP contribution in [0.5, 0.6) is 0 Å². The van der Waals surface area contributed by atoms with Gasteiger partial charge in [-0.25, -0.2) is 4.79 Å². The molecule has 0 spiro atoms. The van der Waals surface area contributed by atoms with Crippen LogP contribution in [0.1, 0.15) is 41.6 Å². The van der Waals surface area contributed by atoms with E-state index in [0.717, 1.165) is 17.1 Å². The second-order valence-electron chi connectivity index (χ2n) is 15.4. The van der Waals surface area contributed by atoms with Gasteiger partial charge in [-0.05, 0) is 55.4 Å². The number of nitrogens with zero attached hydrogens (tertiary/aromatic N) is 5. The lowest BCUT2D eigenvalue weighted by Crippen LogP contribution is -2.51. The molecule has 3 rings (SSSR count). The number of thioether (sulfide) groups is 1. The quantitative estimate of drug-likeness (QED) is 0.0369. The van der Waals surface area contributed by atoms with Crippen LogP contribution in [-0.4, -0.2) is 220 Å². The summed E-state index contributed by atoms with van der Waals surface area (Å²) in [5, 5.41) is 48.3. The Hall–Kier alpha value is -5.95. The fourth-order valence-corrected chi connectivity index (χ4v) is 7.35. The second-order valence-corrected chi connectivity index (χ2v) is 16.4. The minimum absolute atomic E-state index is 0.00932. The zero-order valence-corrected chi connectivity index (χ0v) is 37.1. The molecule has 2 heterocycles. The van der Waals surface area contributed by atoms with E-state index in [-0.39, 0.29) is 116 Å². The molecular weight excluding hydrogens is 875 g/mol. The summed E-state index contributed by atoms with van der Waals surface area (Å²) in [4.78, 5) is 130. The summed E-state index contributed by atoms with van der Waals surface area (Å²) < 4.78 is 0. The van der Waals surface area contributed by atoms with Gasteiger partial charge in [0.2, 0.25) is 17.7 Å². The molecule has 0 aliphatic carbocycles. The topological polar surface area (TPSA) is 316 Å². The number of unbranched alkanes of at least 4 members (excludes halogenated alkanes) is 1. The van der Waals surface area contributed by atoms with Crippen LogP contribution in [0.15, 0.2) is 36.4 Å². The fourth-order valence-electron chi connectivity index (χ4n) is 6.88. The summed E-state index contributed by atoms with van der Waals surface area (Å²) in [5.41, 5.74) is 0.730. The Morgan fingerprint density at radius 1 is 0.646 bits per heavy atom. The van der Waals surface area contributed by atoms with Gasteiger partial charge in [-0.1, -0.05) is 12.1 Å². The number of carboxylic acid groups (broad SMARTS) is 4. The van der Waals surface area contributed by atoms with E-state index in [2.05, 4.69) is 21.3 Å². The first-order chi connectivity index (χ1) is 30.9. The normalized spacial score (nSPS) is 16.7. The summed E-state index contributed by atoms with van der Waals surface area (Å²) in [6.45, 7) is 0.437. The third-order valence-electron chi connectivity index (χ3n) is 10.4. The molecule has 6 amide bonds. The molecule has 1 fully saturated rings. The van der Waals surface area contributed by atoms with E-state index in [1.165, 1.54) is 23.9 Å². The molecule has 8 N–H and O–H groups in total. The Bertz CT molecular complexity index is 1850. The Labute approximate surface area is 379 Å². The summed E-state index contributed by atoms with van der Waals surface area (Å²) >= 11 is 1.43. The molecule has 0 saturated carbocycles. The molecule has 2 aliphatic rings. The SMILES string of the molecule is CSCC[C@H](NC(=O)c1cccc(CNC(=O)CN2CCN(CC(=O)O)CCN(CC(=O)O)CCN(CC(=O)O)CC2)c1)C(=O)NCC(=O)N[C@@H](CCCCN1C(=O)C=CC1=O)C(=O)O. The molecule has 0 bridgehead atoms. The Balaban J connectivity index is 1.56. The molecule has 0 radical (unpaired) electrons. The lowest BCUT2D eigenvalue weighted by molar-refractivity contribution is -0.142. The molecule has 1 aromatic carbocycles. The molecule has 65 heavy (non-hydrogen) atoms. The molecule has 1 saturated heterocycles. The van der Waals surface area contributed by atoms with Crippen molar-refractivity contribution >= 4 is 71.1 Å². The number of rotatable bonds is 25. The van der Waals surface area contributed by atoms with Crippen molar-refractivity contribution in [3.8, 4) is 0 Å². The van der Waals surface area contributed by atoms with Crippen molar-refractivity contribution < 1.29 is 68.4 Å². The predicted octanol–water partition coefficient (Wildman–Crippen LogP) is -2.59. The smallest absolute Gasteiger partial charge is 0.326 e. The van der Waals surface area contributed by atoms with Crippen molar-refractivity contribution in [2.45, 2.75) is 44.3 Å². The largest absolute Gasteiger partial charge is 0.480 e. The average Bonchev–Trinajstić information content (AvgIpc) is 3.57. The number of aliphatic carboxylic acids is 4. The molecule has 0 aromatic heterocycles. The van der Waals surface area contributed by atoms with E-state index in [0.29, 0.717) is 17.7 Å². The number of carbonyl (C=O) groups is 10. The third kappa shape index (κ3) is 20.6. The zero-order chi connectivity index (χ0) is 47.9. The van der Waals surface area contributed by atoms with Crippen LogP contribution >= 0.6 is 11.8 Å². The van der Waals surface area contributed by atoms with Gasteiger partial charge in [-0.3, -0.25) is 67.7 Å². The predicted molar refractivity (Wildman–Crippen MR) is 233 cm³/mol. The van der Waals surface area contributed by atoms with Crippen LogP contribution in [-0.2, 0) is 49.7 Å². The highest BCUT2D eigenvalue weighted by atomic mass is 32.2. The maximum absolute atomic E-state index is 13.4. The molecule has 2 atom stereocenters. The number of hydrogen-bond acceptors (Lipinski definition) is 15. The minimum atomic E-state index is -1.30. The molecule has 358 valence electrons. The molecule has 24 heteroatoms. The number of carboxylic acids is 4. The standard InChI is InChI=1S/C41H59N9O14S/c1-65-20-10-30(40(62)43-23-32(51)44-31(41(63)64)7-2-3-11-50-34(53)8-9-35(50)54)45-39(61)29-6-4-5-28(21-29)22-42-33(52)24-46-12-14-47(25-36(55)56)16-18-49(27-38(59)60)19-17-48(15-13-46)26-37(57)58/h4-6,8-9,21,30-31H,2-3,7,10-20,22-27H2,1H3,(H,42,52)(H,43,62)(H,44,51)(H,45,61)(H,55,56)(H,57,58)(H,59,60)(H,63,64)/t30-,31-/m0/s1. The van der Waals surface area contributed by atoms with E-state index in [9.17, 15) is 68.4 Å². The van der Waals surface area contributed by atoms with Crippen molar-refractivity contribution in [1.29, 1.82) is 0 Å². The number of nitrogens with one attached hydrogen (secondary N) is 4. The van der Waals surface area contributed by atoms with Gasteiger partial charge >= 0.3 is 23.9 Å². The van der Waals surface area contributed by atoms with E-state index in [4.69, 9.17) is 0 Å². The van der Waals surface area contributed by atoms with Crippen LogP contribution < -0.4 is 21.3 Å². The van der Waals surface area contributed by atoms with Crippen LogP contribution in [0.2, 0.25) is 0 Å². The highest BCUT2D eigenvalue weighted by molar-refractivity contribution is 7.98. The van der Waals surface area contributed by atoms with E-state index >= 15 is 0 Å². The first-order valence-electron chi connectivity index (χ1n) is 21.0. The zero-order valence-electron chi connectivity index (χ0n) is 36.3. The van der Waals surface area contributed by atoms with Gasteiger partial charge in [0.1, 0.15) is 12.1 Å². The van der Waals surface area contributed by atoms with Crippen LogP contribution in [0.4, 0.5) is 0 Å². The maximum atomic E-state index is 13.4. The number of amides is 6. The highest BCUT2D eigenvalue weighted by Gasteiger charge is 2.26. The monoisotopic (exact) mass is 933 g/mol. The lowest BCUT2D eigenvalue weighted by atomic mass is 10.1. The molecule has 23 nitrogen and oxygen atoms in total. The summed E-state index contributed by atoms with van der Waals surface area (Å²) in [5.74, 6) is -7.39. The van der Waals surface area contributed by atoms with E-state index < -0.39 is 77.9 Å². The number of hydrogen-bond donors (Lipinski definition) is 8. The third-order valence-corrected chi connectivity index (χ3v) is 11.0. The van der Waals surface area contributed by atoms with Gasteiger partial charge < -0.3 is 41.7 Å². The van der Waals surface area contributed by atoms with Crippen LogP contribution in [0, 0.1) is 0 Å². The van der Waals surface area contributed by atoms with Gasteiger partial charge in [0.25, 0.3) is 17.7 Å². The van der Waals surface area contributed by atoms with Gasteiger partial charge in [0.05, 0.1) is 32.7 Å². The van der Waals surface area contributed by atoms with Crippen molar-refractivity contribution in [3.05, 3.63) is 47.5 Å². The summed E-state index contributed by atoms with van der Waals surface area (Å²) in [6, 6.07) is 3.99. The molecule has 0 unspecified atom stereocenters. The summed E-state index contributed by atoms with van der Waals surface area (Å²) in [6.07, 6.45) is 4.92. The number of carbonyl (C=O) groups excluding carboxylic acids is 6. The van der Waals surface area contributed by atoms with Crippen LogP contribution in [0.3, 0.4) is 0 Å². The Kier molecular flexibility index (Phi) is 23.1. The fraction of sp³-hybridized carbons (Fsp3) is 0.561. The van der Waals surface area contributed by atoms with E-state index in [1.807, 2.05) is 6.26 Å². The van der Waals surface area contributed by atoms with Crippen molar-refractivity contribution in [3.63, 3.8) is 0 Å². The van der Waals surface area contributed by atoms with Crippen molar-refractivity contribution in [2.24, 2.45) is 0 Å². The average molecular weight is 934 g/mol. The van der Waals surface area contributed by atoms with E-state index in [1.54, 1.807) is 31.7 Å². The second kappa shape index (κ2) is 28.1. The van der Waals surface area contributed by atoms with Gasteiger partial charge in [0, 0.05) is 83.2 Å². The van der Waals surface area contributed by atoms with Crippen molar-refractivity contribution in [2.75, 3.05) is 104 Å². The first-order valence-corrected chi connectivity index (χ1v) is 22.4. The van der Waals surface area contributed by atoms with Crippen molar-refractivity contribution in [1.82, 2.24) is 45.8 Å². The van der Waals surface area contributed by atoms with Crippen LogP contribution in [0.25, 0.3) is 0 Å². The lowest BCUT2D eigenvalue weighted by Gasteiger charge is -2.32. The maximum Gasteiger partial charge on any atom is 0.326 e. The Morgan fingerprint density at radius 3 is 1.66 bits per heavy atom. The number of imide groups is 1. The highest BCUT2D eigenvalue weighted by Crippen LogP contribution is 2.10. The summed E-state index contributed by atoms with van der Waals surface area (Å²) in [7, 11) is 0. The van der Waals surface area contributed by atoms with Gasteiger partial charge in [-0.2, -0.15) is 11.8 Å². The molecule has 2 aliphatic heterocycles. The molecule has 1 aromatic rings. The first kappa shape index (κ1) is 53.4. The number of benzene rings is 1. The molecular formula is C41H59N9O14S. The van der Waals surface area contributed by atoms with Gasteiger partial charge in [-0.15, -0.1) is 0 Å².